The number of aryl methyl sites for hydroxylation is 2. The van der Waals surface area contributed by atoms with Crippen LogP contribution in [-0.4, -0.2) is 73.5 Å². The summed E-state index contributed by atoms with van der Waals surface area (Å²) in [4.78, 5) is 19.4. The zero-order valence-electron chi connectivity index (χ0n) is 16.6. The Balaban J connectivity index is 1.41. The van der Waals surface area contributed by atoms with Crippen LogP contribution in [0, 0.1) is 13.8 Å². The molecule has 0 unspecified atom stereocenters. The maximum absolute atomic E-state index is 12.9. The van der Waals surface area contributed by atoms with Gasteiger partial charge in [0.2, 0.25) is 0 Å². The van der Waals surface area contributed by atoms with E-state index in [9.17, 15) is 4.79 Å². The van der Waals surface area contributed by atoms with Crippen molar-refractivity contribution in [1.29, 1.82) is 0 Å². The van der Waals surface area contributed by atoms with Gasteiger partial charge in [0.25, 0.3) is 5.91 Å². The predicted molar refractivity (Wildman–Crippen MR) is 109 cm³/mol. The molecule has 1 aromatic carbocycles. The van der Waals surface area contributed by atoms with Crippen molar-refractivity contribution in [3.05, 3.63) is 47.2 Å². The van der Waals surface area contributed by atoms with E-state index in [4.69, 9.17) is 4.74 Å². The quantitative estimate of drug-likeness (QED) is 0.809. The van der Waals surface area contributed by atoms with Crippen molar-refractivity contribution in [3.63, 3.8) is 0 Å². The lowest BCUT2D eigenvalue weighted by atomic mass is 10.0. The van der Waals surface area contributed by atoms with Gasteiger partial charge in [0.1, 0.15) is 0 Å². The molecule has 2 aromatic rings. The molecule has 1 amide bonds. The van der Waals surface area contributed by atoms with Crippen molar-refractivity contribution in [2.24, 2.45) is 0 Å². The zero-order chi connectivity index (χ0) is 19.5. The highest BCUT2D eigenvalue weighted by atomic mass is 16.5. The maximum atomic E-state index is 12.9. The number of amides is 1. The van der Waals surface area contributed by atoms with E-state index in [1.165, 1.54) is 0 Å². The van der Waals surface area contributed by atoms with E-state index in [-0.39, 0.29) is 5.91 Å². The van der Waals surface area contributed by atoms with Crippen molar-refractivity contribution in [1.82, 2.24) is 15.1 Å². The monoisotopic (exact) mass is 381 g/mol. The highest BCUT2D eigenvalue weighted by Crippen LogP contribution is 2.22. The number of hydrogen-bond acceptors (Lipinski definition) is 6. The van der Waals surface area contributed by atoms with Gasteiger partial charge in [-0.25, -0.2) is 0 Å². The normalized spacial score (nSPS) is 17.7. The minimum Gasteiger partial charge on any atom is -0.378 e. The Kier molecular flexibility index (Phi) is 5.43. The lowest BCUT2D eigenvalue weighted by Gasteiger charge is -2.36. The third-order valence-corrected chi connectivity index (χ3v) is 5.52. The smallest absolute Gasteiger partial charge is 0.254 e. The number of anilines is 2. The molecule has 148 valence electrons. The minimum atomic E-state index is 0.119. The predicted octanol–water partition coefficient (Wildman–Crippen LogP) is 1.89. The Bertz CT molecular complexity index is 842. The van der Waals surface area contributed by atoms with Crippen LogP contribution in [0.15, 0.2) is 30.5 Å². The second-order valence-electron chi connectivity index (χ2n) is 7.47. The van der Waals surface area contributed by atoms with E-state index in [0.29, 0.717) is 13.1 Å². The van der Waals surface area contributed by atoms with Crippen LogP contribution in [0.1, 0.15) is 21.5 Å². The van der Waals surface area contributed by atoms with Gasteiger partial charge in [0, 0.05) is 50.9 Å². The molecule has 2 saturated heterocycles. The largest absolute Gasteiger partial charge is 0.378 e. The van der Waals surface area contributed by atoms with Crippen LogP contribution in [0.2, 0.25) is 0 Å². The summed E-state index contributed by atoms with van der Waals surface area (Å²) in [5.41, 5.74) is 4.04. The van der Waals surface area contributed by atoms with Crippen molar-refractivity contribution in [2.75, 3.05) is 62.3 Å². The number of rotatable bonds is 3. The molecule has 0 spiro atoms. The van der Waals surface area contributed by atoms with Crippen LogP contribution in [0.25, 0.3) is 0 Å². The number of carbonyl (C=O) groups excluding carboxylic acids is 1. The molecule has 7 nitrogen and oxygen atoms in total. The van der Waals surface area contributed by atoms with Gasteiger partial charge in [0.15, 0.2) is 5.82 Å². The summed E-state index contributed by atoms with van der Waals surface area (Å²) < 4.78 is 5.43. The Morgan fingerprint density at radius 1 is 0.964 bits per heavy atom. The molecule has 2 fully saturated rings. The van der Waals surface area contributed by atoms with Gasteiger partial charge in [0.05, 0.1) is 25.1 Å². The zero-order valence-corrected chi connectivity index (χ0v) is 16.6. The Morgan fingerprint density at radius 2 is 1.71 bits per heavy atom. The Labute approximate surface area is 165 Å². The van der Waals surface area contributed by atoms with Gasteiger partial charge in [-0.2, -0.15) is 5.10 Å². The molecule has 0 atom stereocenters. The van der Waals surface area contributed by atoms with Crippen LogP contribution < -0.4 is 9.80 Å². The summed E-state index contributed by atoms with van der Waals surface area (Å²) in [6.45, 7) is 10.2. The number of morpholine rings is 1. The van der Waals surface area contributed by atoms with Gasteiger partial charge in [-0.1, -0.05) is 17.7 Å². The van der Waals surface area contributed by atoms with Gasteiger partial charge in [-0.3, -0.25) is 4.79 Å². The standard InChI is InChI=1S/C21H27N5O2/c1-16-3-4-17(2)19(13-16)21(27)26-7-5-25(6-8-26)20-14-18(15-22-23-20)24-9-11-28-12-10-24/h3-4,13-15H,5-12H2,1-2H3. The van der Waals surface area contributed by atoms with Gasteiger partial charge in [-0.05, 0) is 25.5 Å². The first kappa shape index (κ1) is 18.7. The second-order valence-corrected chi connectivity index (χ2v) is 7.47. The number of benzene rings is 1. The van der Waals surface area contributed by atoms with Gasteiger partial charge < -0.3 is 19.4 Å². The minimum absolute atomic E-state index is 0.119. The van der Waals surface area contributed by atoms with Crippen LogP contribution in [0.4, 0.5) is 11.5 Å². The number of ether oxygens (including phenoxy) is 1. The first-order chi connectivity index (χ1) is 13.6. The van der Waals surface area contributed by atoms with E-state index < -0.39 is 0 Å². The fourth-order valence-electron chi connectivity index (χ4n) is 3.77. The SMILES string of the molecule is Cc1ccc(C)c(C(=O)N2CCN(c3cc(N4CCOCC4)cnn3)CC2)c1. The molecule has 0 saturated carbocycles. The highest BCUT2D eigenvalue weighted by molar-refractivity contribution is 5.96. The number of hydrogen-bond donors (Lipinski definition) is 0. The average molecular weight is 381 g/mol. The average Bonchev–Trinajstić information content (AvgIpc) is 2.76. The lowest BCUT2D eigenvalue weighted by Crippen LogP contribution is -2.49. The molecular weight excluding hydrogens is 354 g/mol. The highest BCUT2D eigenvalue weighted by Gasteiger charge is 2.24. The molecule has 0 radical (unpaired) electrons. The molecule has 2 aliphatic rings. The number of aromatic nitrogens is 2. The molecule has 0 N–H and O–H groups in total. The van der Waals surface area contributed by atoms with E-state index in [0.717, 1.165) is 67.6 Å². The first-order valence-corrected chi connectivity index (χ1v) is 9.89. The second kappa shape index (κ2) is 8.14. The first-order valence-electron chi connectivity index (χ1n) is 9.89. The van der Waals surface area contributed by atoms with Gasteiger partial charge >= 0.3 is 0 Å². The molecular formula is C21H27N5O2. The Morgan fingerprint density at radius 3 is 2.46 bits per heavy atom. The summed E-state index contributed by atoms with van der Waals surface area (Å²) >= 11 is 0. The number of piperazine rings is 1. The van der Waals surface area contributed by atoms with Gasteiger partial charge in [-0.15, -0.1) is 5.10 Å². The molecule has 3 heterocycles. The molecule has 4 rings (SSSR count). The third kappa shape index (κ3) is 3.94. The molecule has 0 aliphatic carbocycles. The maximum Gasteiger partial charge on any atom is 0.254 e. The number of carbonyl (C=O) groups is 1. The molecule has 2 aliphatic heterocycles. The van der Waals surface area contributed by atoms with E-state index in [1.54, 1.807) is 0 Å². The Hall–Kier alpha value is -2.67. The van der Waals surface area contributed by atoms with Crippen molar-refractivity contribution in [2.45, 2.75) is 13.8 Å². The molecule has 1 aromatic heterocycles. The lowest BCUT2D eigenvalue weighted by molar-refractivity contribution is 0.0745. The fourth-order valence-corrected chi connectivity index (χ4v) is 3.77. The molecule has 0 bridgehead atoms. The summed E-state index contributed by atoms with van der Waals surface area (Å²) in [5.74, 6) is 0.997. The summed E-state index contributed by atoms with van der Waals surface area (Å²) in [6, 6.07) is 8.15. The molecule has 7 heteroatoms. The topological polar surface area (TPSA) is 61.8 Å². The van der Waals surface area contributed by atoms with Crippen LogP contribution in [-0.2, 0) is 4.74 Å². The third-order valence-electron chi connectivity index (χ3n) is 5.52. The summed E-state index contributed by atoms with van der Waals surface area (Å²) in [5, 5.41) is 8.53. The van der Waals surface area contributed by atoms with E-state index in [2.05, 4.69) is 26.1 Å². The summed E-state index contributed by atoms with van der Waals surface area (Å²) in [7, 11) is 0. The van der Waals surface area contributed by atoms with Crippen molar-refractivity contribution < 1.29 is 9.53 Å². The van der Waals surface area contributed by atoms with Crippen LogP contribution in [0.5, 0.6) is 0 Å². The fraction of sp³-hybridized carbons (Fsp3) is 0.476. The van der Waals surface area contributed by atoms with Crippen LogP contribution >= 0.6 is 0 Å². The van der Waals surface area contributed by atoms with E-state index in [1.807, 2.05) is 43.1 Å². The molecule has 28 heavy (non-hydrogen) atoms. The van der Waals surface area contributed by atoms with Crippen molar-refractivity contribution >= 4 is 17.4 Å². The van der Waals surface area contributed by atoms with Crippen molar-refractivity contribution in [3.8, 4) is 0 Å². The van der Waals surface area contributed by atoms with Crippen LogP contribution in [0.3, 0.4) is 0 Å². The number of nitrogens with zero attached hydrogens (tertiary/aromatic N) is 5. The van der Waals surface area contributed by atoms with E-state index >= 15 is 0 Å². The summed E-state index contributed by atoms with van der Waals surface area (Å²) in [6.07, 6.45) is 1.81.